The number of amides is 1. The second-order valence-electron chi connectivity index (χ2n) is 6.98. The molecule has 0 N–H and O–H groups in total. The minimum Gasteiger partial charge on any atom is -0.372 e. The van der Waals surface area contributed by atoms with E-state index in [0.717, 1.165) is 11.4 Å². The van der Waals surface area contributed by atoms with Crippen LogP contribution in [0, 0.1) is 6.92 Å². The zero-order chi connectivity index (χ0) is 19.1. The molecule has 4 rings (SSSR count). The predicted molar refractivity (Wildman–Crippen MR) is 105 cm³/mol. The van der Waals surface area contributed by atoms with Gasteiger partial charge in [-0.15, -0.1) is 0 Å². The highest BCUT2D eigenvalue weighted by Crippen LogP contribution is 2.31. The number of aryl methyl sites for hydroxylation is 1. The molecule has 0 saturated carbocycles. The van der Waals surface area contributed by atoms with Crippen LogP contribution in [-0.2, 0) is 4.74 Å². The van der Waals surface area contributed by atoms with Gasteiger partial charge in [-0.25, -0.2) is 9.67 Å². The van der Waals surface area contributed by atoms with Crippen LogP contribution < -0.4 is 0 Å². The van der Waals surface area contributed by atoms with Crippen LogP contribution in [0.4, 0.5) is 0 Å². The first-order chi connectivity index (χ1) is 13.0. The van der Waals surface area contributed by atoms with E-state index in [1.54, 1.807) is 15.8 Å². The second kappa shape index (κ2) is 6.94. The van der Waals surface area contributed by atoms with Crippen molar-refractivity contribution in [1.29, 1.82) is 0 Å². The van der Waals surface area contributed by atoms with E-state index >= 15 is 0 Å². The Morgan fingerprint density at radius 1 is 1.19 bits per heavy atom. The number of rotatable bonds is 2. The SMILES string of the molecule is Cc1nn(-c2ccccc2)c2ncc(C(=O)N3C[C@@H](C)O[C@H](C)C3)c(Cl)c12. The Morgan fingerprint density at radius 3 is 2.52 bits per heavy atom. The standard InChI is InChI=1S/C20H21ClN4O2/c1-12-10-24(11-13(2)27-12)20(26)16-9-22-19-17(18(16)21)14(3)23-25(19)15-7-5-4-6-8-15/h4-9,12-13H,10-11H2,1-3H3/t12-,13-/m1/s1. The molecule has 140 valence electrons. The second-order valence-corrected chi connectivity index (χ2v) is 7.36. The fraction of sp³-hybridized carbons (Fsp3) is 0.350. The zero-order valence-corrected chi connectivity index (χ0v) is 16.3. The number of fused-ring (bicyclic) bond motifs is 1. The highest BCUT2D eigenvalue weighted by atomic mass is 35.5. The van der Waals surface area contributed by atoms with Crippen molar-refractivity contribution < 1.29 is 9.53 Å². The monoisotopic (exact) mass is 384 g/mol. The van der Waals surface area contributed by atoms with Gasteiger partial charge >= 0.3 is 0 Å². The van der Waals surface area contributed by atoms with E-state index in [-0.39, 0.29) is 18.1 Å². The van der Waals surface area contributed by atoms with Gasteiger partial charge in [0.05, 0.1) is 39.6 Å². The molecule has 0 aliphatic carbocycles. The summed E-state index contributed by atoms with van der Waals surface area (Å²) < 4.78 is 7.47. The Morgan fingerprint density at radius 2 is 1.85 bits per heavy atom. The molecule has 3 aromatic rings. The fourth-order valence-electron chi connectivity index (χ4n) is 3.62. The molecule has 3 heterocycles. The van der Waals surface area contributed by atoms with E-state index < -0.39 is 0 Å². The van der Waals surface area contributed by atoms with E-state index in [1.807, 2.05) is 51.1 Å². The smallest absolute Gasteiger partial charge is 0.257 e. The van der Waals surface area contributed by atoms with E-state index in [2.05, 4.69) is 10.1 Å². The van der Waals surface area contributed by atoms with Gasteiger partial charge in [0.25, 0.3) is 5.91 Å². The lowest BCUT2D eigenvalue weighted by Crippen LogP contribution is -2.48. The van der Waals surface area contributed by atoms with Gasteiger partial charge in [0.2, 0.25) is 0 Å². The van der Waals surface area contributed by atoms with Gasteiger partial charge in [-0.05, 0) is 32.9 Å². The van der Waals surface area contributed by atoms with Crippen molar-refractivity contribution in [1.82, 2.24) is 19.7 Å². The number of hydrogen-bond acceptors (Lipinski definition) is 4. The van der Waals surface area contributed by atoms with Crippen LogP contribution in [0.15, 0.2) is 36.5 Å². The summed E-state index contributed by atoms with van der Waals surface area (Å²) in [5, 5.41) is 5.69. The molecular weight excluding hydrogens is 364 g/mol. The molecular formula is C20H21ClN4O2. The maximum atomic E-state index is 13.1. The number of carbonyl (C=O) groups excluding carboxylic acids is 1. The molecule has 1 aliphatic heterocycles. The molecule has 1 aromatic carbocycles. The lowest BCUT2D eigenvalue weighted by Gasteiger charge is -2.35. The van der Waals surface area contributed by atoms with Gasteiger partial charge in [-0.1, -0.05) is 29.8 Å². The number of hydrogen-bond donors (Lipinski definition) is 0. The molecule has 1 amide bonds. The lowest BCUT2D eigenvalue weighted by atomic mass is 10.1. The Bertz CT molecular complexity index is 992. The van der Waals surface area contributed by atoms with Crippen LogP contribution in [-0.4, -0.2) is 50.9 Å². The van der Waals surface area contributed by atoms with Crippen molar-refractivity contribution in [2.24, 2.45) is 0 Å². The summed E-state index contributed by atoms with van der Waals surface area (Å²) in [5.41, 5.74) is 2.68. The first kappa shape index (κ1) is 17.9. The van der Waals surface area contributed by atoms with Crippen molar-refractivity contribution in [2.75, 3.05) is 13.1 Å². The van der Waals surface area contributed by atoms with E-state index in [9.17, 15) is 4.79 Å². The van der Waals surface area contributed by atoms with Gasteiger partial charge in [0, 0.05) is 19.3 Å². The summed E-state index contributed by atoms with van der Waals surface area (Å²) in [6, 6.07) is 9.74. The van der Waals surface area contributed by atoms with Gasteiger partial charge in [0.15, 0.2) is 5.65 Å². The Balaban J connectivity index is 1.77. The minimum atomic E-state index is -0.122. The molecule has 2 atom stereocenters. The molecule has 1 fully saturated rings. The molecule has 0 radical (unpaired) electrons. The van der Waals surface area contributed by atoms with Gasteiger partial charge in [0.1, 0.15) is 0 Å². The molecule has 1 saturated heterocycles. The summed E-state index contributed by atoms with van der Waals surface area (Å²) in [6.45, 7) is 6.89. The van der Waals surface area contributed by atoms with Crippen LogP contribution in [0.2, 0.25) is 5.02 Å². The first-order valence-corrected chi connectivity index (χ1v) is 9.37. The summed E-state index contributed by atoms with van der Waals surface area (Å²) in [6.07, 6.45) is 1.55. The van der Waals surface area contributed by atoms with Crippen LogP contribution in [0.5, 0.6) is 0 Å². The van der Waals surface area contributed by atoms with Crippen LogP contribution in [0.3, 0.4) is 0 Å². The Labute approximate surface area is 162 Å². The maximum Gasteiger partial charge on any atom is 0.257 e. The summed E-state index contributed by atoms with van der Waals surface area (Å²) >= 11 is 6.66. The van der Waals surface area contributed by atoms with E-state index in [1.165, 1.54) is 0 Å². The molecule has 2 aromatic heterocycles. The van der Waals surface area contributed by atoms with Crippen molar-refractivity contribution in [3.63, 3.8) is 0 Å². The quantitative estimate of drug-likeness (QED) is 0.677. The van der Waals surface area contributed by atoms with Crippen molar-refractivity contribution in [2.45, 2.75) is 33.0 Å². The number of halogens is 1. The van der Waals surface area contributed by atoms with E-state index in [4.69, 9.17) is 16.3 Å². The molecule has 0 spiro atoms. The zero-order valence-electron chi connectivity index (χ0n) is 15.5. The number of morpholine rings is 1. The van der Waals surface area contributed by atoms with E-state index in [0.29, 0.717) is 34.7 Å². The lowest BCUT2D eigenvalue weighted by molar-refractivity contribution is -0.0586. The highest BCUT2D eigenvalue weighted by Gasteiger charge is 2.29. The van der Waals surface area contributed by atoms with Crippen molar-refractivity contribution in [3.8, 4) is 5.69 Å². The number of nitrogens with zero attached hydrogens (tertiary/aromatic N) is 4. The van der Waals surface area contributed by atoms with Gasteiger partial charge < -0.3 is 9.64 Å². The molecule has 0 bridgehead atoms. The van der Waals surface area contributed by atoms with Crippen molar-refractivity contribution in [3.05, 3.63) is 52.8 Å². The third kappa shape index (κ3) is 3.19. The Kier molecular flexibility index (Phi) is 4.61. The normalized spacial score (nSPS) is 20.2. The van der Waals surface area contributed by atoms with Crippen LogP contribution >= 0.6 is 11.6 Å². The van der Waals surface area contributed by atoms with Crippen LogP contribution in [0.25, 0.3) is 16.7 Å². The summed E-state index contributed by atoms with van der Waals surface area (Å²) in [4.78, 5) is 19.4. The largest absolute Gasteiger partial charge is 0.372 e. The predicted octanol–water partition coefficient (Wildman–Crippen LogP) is 3.63. The number of ether oxygens (including phenoxy) is 1. The maximum absolute atomic E-state index is 13.1. The highest BCUT2D eigenvalue weighted by molar-refractivity contribution is 6.38. The number of pyridine rings is 1. The average Bonchev–Trinajstić information content (AvgIpc) is 2.99. The minimum absolute atomic E-state index is 0.00395. The molecule has 27 heavy (non-hydrogen) atoms. The van der Waals surface area contributed by atoms with Crippen LogP contribution in [0.1, 0.15) is 29.9 Å². The third-order valence-corrected chi connectivity index (χ3v) is 5.14. The number of benzene rings is 1. The van der Waals surface area contributed by atoms with Gasteiger partial charge in [-0.2, -0.15) is 5.10 Å². The van der Waals surface area contributed by atoms with Crippen molar-refractivity contribution >= 4 is 28.5 Å². The average molecular weight is 385 g/mol. The Hall–Kier alpha value is -2.44. The molecule has 1 aliphatic rings. The number of aromatic nitrogens is 3. The third-order valence-electron chi connectivity index (χ3n) is 4.75. The van der Waals surface area contributed by atoms with Gasteiger partial charge in [-0.3, -0.25) is 4.79 Å². The molecule has 6 nitrogen and oxygen atoms in total. The molecule has 7 heteroatoms. The summed E-state index contributed by atoms with van der Waals surface area (Å²) in [7, 11) is 0. The molecule has 0 unspecified atom stereocenters. The summed E-state index contributed by atoms with van der Waals surface area (Å²) in [5.74, 6) is -0.122. The topological polar surface area (TPSA) is 60.2 Å². The number of carbonyl (C=O) groups is 1. The number of para-hydroxylation sites is 1. The first-order valence-electron chi connectivity index (χ1n) is 8.99. The fourth-order valence-corrected chi connectivity index (χ4v) is 3.97.